The van der Waals surface area contributed by atoms with Crippen LogP contribution >= 0.6 is 11.3 Å². The van der Waals surface area contributed by atoms with Gasteiger partial charge in [-0.15, -0.1) is 11.3 Å². The summed E-state index contributed by atoms with van der Waals surface area (Å²) in [7, 11) is 0. The molecule has 20 heavy (non-hydrogen) atoms. The number of esters is 1. The number of nitrogens with one attached hydrogen (secondary N) is 2. The molecule has 7 nitrogen and oxygen atoms in total. The topological polar surface area (TPSA) is 105 Å². The van der Waals surface area contributed by atoms with E-state index in [1.807, 2.05) is 0 Å². The van der Waals surface area contributed by atoms with Crippen molar-refractivity contribution in [2.45, 2.75) is 19.4 Å². The van der Waals surface area contributed by atoms with Gasteiger partial charge in [0.2, 0.25) is 0 Å². The van der Waals surface area contributed by atoms with E-state index in [1.165, 1.54) is 11.3 Å². The van der Waals surface area contributed by atoms with Crippen LogP contribution < -0.4 is 10.6 Å². The maximum absolute atomic E-state index is 11.6. The number of thiophene rings is 1. The molecule has 1 rings (SSSR count). The average molecular weight is 300 g/mol. The van der Waals surface area contributed by atoms with Crippen molar-refractivity contribution in [1.82, 2.24) is 10.6 Å². The molecule has 0 aromatic carbocycles. The summed E-state index contributed by atoms with van der Waals surface area (Å²) in [5.41, 5.74) is 0. The molecule has 110 valence electrons. The van der Waals surface area contributed by atoms with Crippen molar-refractivity contribution in [3.8, 4) is 0 Å². The van der Waals surface area contributed by atoms with Gasteiger partial charge >= 0.3 is 18.0 Å². The lowest BCUT2D eigenvalue weighted by Crippen LogP contribution is -2.41. The van der Waals surface area contributed by atoms with Crippen molar-refractivity contribution in [3.05, 3.63) is 22.4 Å². The minimum absolute atomic E-state index is 0.0397. The number of aliphatic carboxylic acids is 1. The fourth-order valence-corrected chi connectivity index (χ4v) is 2.17. The number of rotatable bonds is 7. The molecule has 0 saturated carbocycles. The summed E-state index contributed by atoms with van der Waals surface area (Å²) in [6.07, 6.45) is 0.0397. The molecule has 0 fully saturated rings. The standard InChI is InChI=1S/C12H16N2O5S/c1-2-19-9(15)5-6-13-12(18)14-10(11(16)17)8-4-3-7-20-8/h3-4,7,10H,2,5-6H2,1H3,(H,16,17)(H2,13,14,18). The predicted molar refractivity (Wildman–Crippen MR) is 72.5 cm³/mol. The van der Waals surface area contributed by atoms with Crippen molar-refractivity contribution < 1.29 is 24.2 Å². The highest BCUT2D eigenvalue weighted by atomic mass is 32.1. The molecule has 1 atom stereocenters. The summed E-state index contributed by atoms with van der Waals surface area (Å²) in [4.78, 5) is 34.2. The predicted octanol–water partition coefficient (Wildman–Crippen LogP) is 1.13. The van der Waals surface area contributed by atoms with E-state index in [-0.39, 0.29) is 19.6 Å². The van der Waals surface area contributed by atoms with Crippen molar-refractivity contribution in [2.24, 2.45) is 0 Å². The smallest absolute Gasteiger partial charge is 0.331 e. The summed E-state index contributed by atoms with van der Waals surface area (Å²) in [5.74, 6) is -1.56. The normalized spacial score (nSPS) is 11.4. The second kappa shape index (κ2) is 8.16. The van der Waals surface area contributed by atoms with Gasteiger partial charge in [-0.05, 0) is 18.4 Å². The maximum Gasteiger partial charge on any atom is 0.331 e. The van der Waals surface area contributed by atoms with Crippen molar-refractivity contribution in [1.29, 1.82) is 0 Å². The van der Waals surface area contributed by atoms with E-state index in [4.69, 9.17) is 9.84 Å². The Hall–Kier alpha value is -2.09. The van der Waals surface area contributed by atoms with E-state index < -0.39 is 24.0 Å². The van der Waals surface area contributed by atoms with Crippen LogP contribution in [-0.2, 0) is 14.3 Å². The minimum atomic E-state index is -1.15. The van der Waals surface area contributed by atoms with Crippen LogP contribution in [0.15, 0.2) is 17.5 Å². The molecule has 1 unspecified atom stereocenters. The Morgan fingerprint density at radius 3 is 2.75 bits per heavy atom. The molecule has 1 aromatic rings. The summed E-state index contributed by atoms with van der Waals surface area (Å²) < 4.78 is 4.70. The van der Waals surface area contributed by atoms with E-state index in [0.29, 0.717) is 4.88 Å². The summed E-state index contributed by atoms with van der Waals surface area (Å²) in [5, 5.41) is 15.5. The molecule has 0 aliphatic heterocycles. The first-order valence-corrected chi connectivity index (χ1v) is 6.88. The van der Waals surface area contributed by atoms with Gasteiger partial charge in [-0.25, -0.2) is 9.59 Å². The monoisotopic (exact) mass is 300 g/mol. The second-order valence-electron chi connectivity index (χ2n) is 3.74. The Morgan fingerprint density at radius 1 is 1.45 bits per heavy atom. The lowest BCUT2D eigenvalue weighted by atomic mass is 10.2. The number of urea groups is 1. The molecule has 2 amide bonds. The first-order valence-electron chi connectivity index (χ1n) is 6.00. The molecule has 0 bridgehead atoms. The van der Waals surface area contributed by atoms with Gasteiger partial charge in [-0.2, -0.15) is 0 Å². The molecule has 0 aliphatic carbocycles. The van der Waals surface area contributed by atoms with E-state index in [0.717, 1.165) is 0 Å². The molecule has 0 aliphatic rings. The van der Waals surface area contributed by atoms with Crippen LogP contribution in [0.4, 0.5) is 4.79 Å². The maximum atomic E-state index is 11.6. The van der Waals surface area contributed by atoms with Crippen molar-refractivity contribution in [3.63, 3.8) is 0 Å². The zero-order valence-corrected chi connectivity index (χ0v) is 11.7. The number of carboxylic acid groups (broad SMARTS) is 1. The zero-order chi connectivity index (χ0) is 15.0. The molecule has 1 heterocycles. The Kier molecular flexibility index (Phi) is 6.51. The Balaban J connectivity index is 2.40. The third-order valence-corrected chi connectivity index (χ3v) is 3.21. The Morgan fingerprint density at radius 2 is 2.20 bits per heavy atom. The van der Waals surface area contributed by atoms with Crippen molar-refractivity contribution in [2.75, 3.05) is 13.2 Å². The van der Waals surface area contributed by atoms with Gasteiger partial charge in [-0.1, -0.05) is 6.07 Å². The molecule has 0 spiro atoms. The third-order valence-electron chi connectivity index (χ3n) is 2.27. The zero-order valence-electron chi connectivity index (χ0n) is 10.9. The fourth-order valence-electron chi connectivity index (χ4n) is 1.40. The number of hydrogen-bond donors (Lipinski definition) is 3. The van der Waals surface area contributed by atoms with Crippen LogP contribution in [-0.4, -0.2) is 36.2 Å². The highest BCUT2D eigenvalue weighted by Gasteiger charge is 2.22. The minimum Gasteiger partial charge on any atom is -0.479 e. The van der Waals surface area contributed by atoms with Crippen LogP contribution in [0.1, 0.15) is 24.3 Å². The van der Waals surface area contributed by atoms with Gasteiger partial charge in [0, 0.05) is 11.4 Å². The number of amides is 2. The molecule has 0 saturated heterocycles. The lowest BCUT2D eigenvalue weighted by Gasteiger charge is -2.13. The molecular weight excluding hydrogens is 284 g/mol. The third kappa shape index (κ3) is 5.27. The summed E-state index contributed by atoms with van der Waals surface area (Å²) in [6, 6.07) is 1.59. The number of carbonyl (C=O) groups is 3. The number of carbonyl (C=O) groups excluding carboxylic acids is 2. The lowest BCUT2D eigenvalue weighted by molar-refractivity contribution is -0.143. The van der Waals surface area contributed by atoms with Crippen molar-refractivity contribution >= 4 is 29.3 Å². The van der Waals surface area contributed by atoms with Gasteiger partial charge < -0.3 is 20.5 Å². The first-order chi connectivity index (χ1) is 9.54. The Bertz CT molecular complexity index is 460. The van der Waals surface area contributed by atoms with E-state index in [9.17, 15) is 14.4 Å². The van der Waals surface area contributed by atoms with E-state index >= 15 is 0 Å². The largest absolute Gasteiger partial charge is 0.479 e. The van der Waals surface area contributed by atoms with Gasteiger partial charge in [0.25, 0.3) is 0 Å². The van der Waals surface area contributed by atoms with Crippen LogP contribution in [0.2, 0.25) is 0 Å². The molecule has 3 N–H and O–H groups in total. The first kappa shape index (κ1) is 16.0. The van der Waals surface area contributed by atoms with E-state index in [1.54, 1.807) is 24.4 Å². The van der Waals surface area contributed by atoms with Gasteiger partial charge in [0.05, 0.1) is 13.0 Å². The van der Waals surface area contributed by atoms with Crippen LogP contribution in [0, 0.1) is 0 Å². The van der Waals surface area contributed by atoms with Gasteiger partial charge in [-0.3, -0.25) is 4.79 Å². The summed E-state index contributed by atoms with van der Waals surface area (Å²) in [6.45, 7) is 2.06. The second-order valence-corrected chi connectivity index (χ2v) is 4.72. The highest BCUT2D eigenvalue weighted by Crippen LogP contribution is 2.18. The van der Waals surface area contributed by atoms with Crippen LogP contribution in [0.5, 0.6) is 0 Å². The summed E-state index contributed by atoms with van der Waals surface area (Å²) >= 11 is 1.24. The van der Waals surface area contributed by atoms with Gasteiger partial charge in [0.15, 0.2) is 6.04 Å². The number of ether oxygens (including phenoxy) is 1. The SMILES string of the molecule is CCOC(=O)CCNC(=O)NC(C(=O)O)c1cccs1. The average Bonchev–Trinajstić information content (AvgIpc) is 2.89. The fraction of sp³-hybridized carbons (Fsp3) is 0.417. The molecule has 1 aromatic heterocycles. The van der Waals surface area contributed by atoms with Crippen LogP contribution in [0.3, 0.4) is 0 Å². The van der Waals surface area contributed by atoms with Gasteiger partial charge in [0.1, 0.15) is 0 Å². The van der Waals surface area contributed by atoms with Crippen LogP contribution in [0.25, 0.3) is 0 Å². The molecule has 8 heteroatoms. The molecule has 0 radical (unpaired) electrons. The highest BCUT2D eigenvalue weighted by molar-refractivity contribution is 7.10. The molecular formula is C12H16N2O5S. The number of carboxylic acids is 1. The Labute approximate surface area is 119 Å². The van der Waals surface area contributed by atoms with E-state index in [2.05, 4.69) is 10.6 Å². The number of hydrogen-bond acceptors (Lipinski definition) is 5. The quantitative estimate of drug-likeness (QED) is 0.655.